The van der Waals surface area contributed by atoms with Crippen molar-refractivity contribution in [2.45, 2.75) is 70.8 Å². The molecule has 164 valence electrons. The van der Waals surface area contributed by atoms with E-state index in [0.29, 0.717) is 29.6 Å². The van der Waals surface area contributed by atoms with Crippen LogP contribution in [0.1, 0.15) is 63.9 Å². The van der Waals surface area contributed by atoms with Gasteiger partial charge in [-0.3, -0.25) is 14.4 Å². The highest BCUT2D eigenvalue weighted by molar-refractivity contribution is 6.31. The molecule has 1 heterocycles. The Morgan fingerprint density at radius 2 is 1.97 bits per heavy atom. The number of rotatable bonds is 8. The fourth-order valence-corrected chi connectivity index (χ4v) is 4.86. The van der Waals surface area contributed by atoms with Crippen LogP contribution in [0.15, 0.2) is 18.2 Å². The first-order chi connectivity index (χ1) is 14.4. The highest BCUT2D eigenvalue weighted by Crippen LogP contribution is 2.32. The minimum atomic E-state index is -0.968. The number of carbonyl (C=O) groups is 3. The molecule has 0 aromatic heterocycles. The third-order valence-electron chi connectivity index (χ3n) is 6.44. The van der Waals surface area contributed by atoms with Crippen LogP contribution in [0.25, 0.3) is 0 Å². The zero-order chi connectivity index (χ0) is 21.7. The van der Waals surface area contributed by atoms with Crippen molar-refractivity contribution in [3.63, 3.8) is 0 Å². The number of halogens is 1. The zero-order valence-corrected chi connectivity index (χ0v) is 18.3. The van der Waals surface area contributed by atoms with Crippen LogP contribution < -0.4 is 5.32 Å². The molecule has 0 radical (unpaired) electrons. The van der Waals surface area contributed by atoms with E-state index in [9.17, 15) is 14.4 Å². The van der Waals surface area contributed by atoms with Gasteiger partial charge in [-0.15, -0.1) is 0 Å². The van der Waals surface area contributed by atoms with Gasteiger partial charge in [0.2, 0.25) is 11.8 Å². The van der Waals surface area contributed by atoms with Crippen molar-refractivity contribution in [1.82, 2.24) is 4.90 Å². The van der Waals surface area contributed by atoms with E-state index in [4.69, 9.17) is 16.7 Å². The van der Waals surface area contributed by atoms with Gasteiger partial charge >= 0.3 is 5.97 Å². The minimum absolute atomic E-state index is 0.0363. The van der Waals surface area contributed by atoms with Gasteiger partial charge in [-0.1, -0.05) is 43.9 Å². The number of carboxylic acids is 1. The molecular weight excluding hydrogens is 404 g/mol. The third-order valence-corrected chi connectivity index (χ3v) is 6.80. The van der Waals surface area contributed by atoms with E-state index in [0.717, 1.165) is 31.4 Å². The van der Waals surface area contributed by atoms with E-state index in [2.05, 4.69) is 10.2 Å². The summed E-state index contributed by atoms with van der Waals surface area (Å²) in [6.07, 6.45) is 7.73. The predicted molar refractivity (Wildman–Crippen MR) is 117 cm³/mol. The lowest BCUT2D eigenvalue weighted by Gasteiger charge is -2.31. The molecule has 1 aliphatic heterocycles. The van der Waals surface area contributed by atoms with Crippen LogP contribution in [0.3, 0.4) is 0 Å². The molecule has 0 spiro atoms. The minimum Gasteiger partial charge on any atom is -0.481 e. The molecule has 7 heteroatoms. The van der Waals surface area contributed by atoms with Crippen molar-refractivity contribution < 1.29 is 19.5 Å². The molecule has 2 amide bonds. The van der Waals surface area contributed by atoms with E-state index in [-0.39, 0.29) is 24.2 Å². The first-order valence-corrected chi connectivity index (χ1v) is 11.4. The summed E-state index contributed by atoms with van der Waals surface area (Å²) in [5, 5.41) is 12.3. The summed E-state index contributed by atoms with van der Waals surface area (Å²) in [6.45, 7) is 2.58. The molecule has 2 fully saturated rings. The largest absolute Gasteiger partial charge is 0.481 e. The molecule has 2 atom stereocenters. The van der Waals surface area contributed by atoms with Crippen LogP contribution in [0, 0.1) is 11.8 Å². The van der Waals surface area contributed by atoms with Crippen molar-refractivity contribution in [2.24, 2.45) is 11.8 Å². The Morgan fingerprint density at radius 1 is 1.23 bits per heavy atom. The lowest BCUT2D eigenvalue weighted by Crippen LogP contribution is -2.39. The maximum atomic E-state index is 12.9. The number of carboxylic acid groups (broad SMARTS) is 1. The summed E-state index contributed by atoms with van der Waals surface area (Å²) >= 11 is 6.44. The second-order valence-electron chi connectivity index (χ2n) is 8.52. The molecule has 1 saturated heterocycles. The molecule has 3 rings (SSSR count). The summed E-state index contributed by atoms with van der Waals surface area (Å²) < 4.78 is 0. The molecule has 2 N–H and O–H groups in total. The summed E-state index contributed by atoms with van der Waals surface area (Å²) in [5.74, 6) is -1.80. The number of amides is 2. The maximum Gasteiger partial charge on any atom is 0.307 e. The highest BCUT2D eigenvalue weighted by Gasteiger charge is 2.36. The van der Waals surface area contributed by atoms with Crippen LogP contribution in [0.5, 0.6) is 0 Å². The van der Waals surface area contributed by atoms with Gasteiger partial charge in [-0.25, -0.2) is 0 Å². The summed E-state index contributed by atoms with van der Waals surface area (Å²) in [6, 6.07) is 5.69. The number of anilines is 1. The molecule has 1 aliphatic carbocycles. The Morgan fingerprint density at radius 3 is 2.60 bits per heavy atom. The van der Waals surface area contributed by atoms with E-state index < -0.39 is 11.9 Å². The number of nitrogens with one attached hydrogen (secondary N) is 1. The summed E-state index contributed by atoms with van der Waals surface area (Å²) in [5.41, 5.74) is 1.44. The highest BCUT2D eigenvalue weighted by atomic mass is 35.5. The van der Waals surface area contributed by atoms with Crippen molar-refractivity contribution >= 4 is 35.1 Å². The number of benzene rings is 1. The van der Waals surface area contributed by atoms with Gasteiger partial charge in [0, 0.05) is 35.6 Å². The van der Waals surface area contributed by atoms with Crippen LogP contribution >= 0.6 is 11.6 Å². The van der Waals surface area contributed by atoms with Gasteiger partial charge in [0.15, 0.2) is 0 Å². The van der Waals surface area contributed by atoms with E-state index in [1.54, 1.807) is 19.1 Å². The smallest absolute Gasteiger partial charge is 0.307 e. The number of nitrogens with zero attached hydrogens (tertiary/aromatic N) is 1. The molecular formula is C23H31ClN2O4. The van der Waals surface area contributed by atoms with E-state index in [1.165, 1.54) is 19.3 Å². The molecule has 2 aliphatic rings. The lowest BCUT2D eigenvalue weighted by atomic mass is 9.94. The average molecular weight is 435 g/mol. The second-order valence-corrected chi connectivity index (χ2v) is 8.92. The van der Waals surface area contributed by atoms with E-state index >= 15 is 0 Å². The van der Waals surface area contributed by atoms with Crippen molar-refractivity contribution in [1.29, 1.82) is 0 Å². The normalized spacial score (nSPS) is 20.9. The maximum absolute atomic E-state index is 12.9. The molecule has 6 nitrogen and oxygen atoms in total. The topological polar surface area (TPSA) is 86.7 Å². The quantitative estimate of drug-likeness (QED) is 0.630. The fourth-order valence-electron chi connectivity index (χ4n) is 4.61. The molecule has 1 aromatic rings. The van der Waals surface area contributed by atoms with Crippen molar-refractivity contribution in [3.05, 3.63) is 28.8 Å². The Hall–Kier alpha value is -2.08. The summed E-state index contributed by atoms with van der Waals surface area (Å²) in [7, 11) is 0. The van der Waals surface area contributed by atoms with Gasteiger partial charge in [-0.2, -0.15) is 0 Å². The van der Waals surface area contributed by atoms with Gasteiger partial charge in [0.1, 0.15) is 0 Å². The Labute approximate surface area is 183 Å². The fraction of sp³-hybridized carbons (Fsp3) is 0.609. The first-order valence-electron chi connectivity index (χ1n) is 11.0. The number of hydrogen-bond acceptors (Lipinski definition) is 3. The Bertz CT molecular complexity index is 791. The standard InChI is InChI=1S/C23H31ClN2O4/c1-2-15(23(29)30)13-21(27)25-18-9-8-16(20(24)14-18)12-17-10-11-26(22(17)28)19-6-4-3-5-7-19/h8-9,14-15,17,19H,2-7,10-13H2,1H3,(H,25,27)(H,29,30). The second kappa shape index (κ2) is 10.3. The molecule has 30 heavy (non-hydrogen) atoms. The van der Waals surface area contributed by atoms with Gasteiger partial charge in [0.05, 0.1) is 5.92 Å². The van der Waals surface area contributed by atoms with Crippen LogP contribution in [0.2, 0.25) is 5.02 Å². The monoisotopic (exact) mass is 434 g/mol. The van der Waals surface area contributed by atoms with Crippen LogP contribution in [-0.4, -0.2) is 40.4 Å². The number of aliphatic carboxylic acids is 1. The van der Waals surface area contributed by atoms with Crippen LogP contribution in [-0.2, 0) is 20.8 Å². The summed E-state index contributed by atoms with van der Waals surface area (Å²) in [4.78, 5) is 38.2. The lowest BCUT2D eigenvalue weighted by molar-refractivity contribution is -0.143. The predicted octanol–water partition coefficient (Wildman–Crippen LogP) is 4.50. The van der Waals surface area contributed by atoms with Crippen molar-refractivity contribution in [3.8, 4) is 0 Å². The van der Waals surface area contributed by atoms with Gasteiger partial charge in [-0.05, 0) is 49.8 Å². The number of carbonyl (C=O) groups excluding carboxylic acids is 2. The third kappa shape index (κ3) is 5.54. The zero-order valence-electron chi connectivity index (χ0n) is 17.5. The molecule has 1 aromatic carbocycles. The number of likely N-dealkylation sites (tertiary alicyclic amines) is 1. The average Bonchev–Trinajstić information content (AvgIpc) is 3.09. The molecule has 0 bridgehead atoms. The van der Waals surface area contributed by atoms with Gasteiger partial charge < -0.3 is 15.3 Å². The van der Waals surface area contributed by atoms with E-state index in [1.807, 2.05) is 6.07 Å². The molecule has 2 unspecified atom stereocenters. The SMILES string of the molecule is CCC(CC(=O)Nc1ccc(CC2CCN(C3CCCCC3)C2=O)c(Cl)c1)C(=O)O. The van der Waals surface area contributed by atoms with Crippen LogP contribution in [0.4, 0.5) is 5.69 Å². The Kier molecular flexibility index (Phi) is 7.75. The number of hydrogen-bond donors (Lipinski definition) is 2. The molecule has 1 saturated carbocycles. The first kappa shape index (κ1) is 22.6. The Balaban J connectivity index is 1.57. The van der Waals surface area contributed by atoms with Gasteiger partial charge in [0.25, 0.3) is 0 Å². The van der Waals surface area contributed by atoms with Crippen molar-refractivity contribution in [2.75, 3.05) is 11.9 Å².